The fraction of sp³-hybridized carbons (Fsp3) is 0.467. The van der Waals surface area contributed by atoms with Crippen LogP contribution in [0.5, 0.6) is 0 Å². The third kappa shape index (κ3) is 4.81. The van der Waals surface area contributed by atoms with E-state index in [-0.39, 0.29) is 23.9 Å². The molecule has 0 aromatic heterocycles. The maximum Gasteiger partial charge on any atom is 0.151 e. The summed E-state index contributed by atoms with van der Waals surface area (Å²) in [4.78, 5) is 1.98. The Hall–Kier alpha value is -1.42. The van der Waals surface area contributed by atoms with Gasteiger partial charge in [0.15, 0.2) is 9.84 Å². The standard InChI is InChI=1S/C15H19FN2O2S/c16-15-11-13(3-1-6-17)4-5-14(15)12-18-7-2-9-21(19,20)10-8-18/h4-5,11H,2,6-10,12,17H2. The summed E-state index contributed by atoms with van der Waals surface area (Å²) in [6.45, 7) is 1.79. The average Bonchev–Trinajstić information content (AvgIpc) is 2.60. The van der Waals surface area contributed by atoms with Crippen molar-refractivity contribution in [1.29, 1.82) is 0 Å². The first-order valence-electron chi connectivity index (χ1n) is 6.90. The second-order valence-electron chi connectivity index (χ2n) is 5.09. The second kappa shape index (κ2) is 7.03. The van der Waals surface area contributed by atoms with Crippen LogP contribution in [0.25, 0.3) is 0 Å². The number of rotatable bonds is 2. The van der Waals surface area contributed by atoms with Crippen molar-refractivity contribution >= 4 is 9.84 Å². The number of hydrogen-bond donors (Lipinski definition) is 1. The summed E-state index contributed by atoms with van der Waals surface area (Å²) in [7, 11) is -2.94. The molecule has 21 heavy (non-hydrogen) atoms. The number of nitrogens with zero attached hydrogens (tertiary/aromatic N) is 1. The zero-order chi connectivity index (χ0) is 15.3. The van der Waals surface area contributed by atoms with Crippen molar-refractivity contribution in [2.75, 3.05) is 31.1 Å². The molecular weight excluding hydrogens is 291 g/mol. The highest BCUT2D eigenvalue weighted by Crippen LogP contribution is 2.14. The Morgan fingerprint density at radius 1 is 1.29 bits per heavy atom. The van der Waals surface area contributed by atoms with Crippen molar-refractivity contribution in [2.24, 2.45) is 5.73 Å². The fourth-order valence-corrected chi connectivity index (χ4v) is 3.60. The Bertz CT molecular complexity index is 662. The smallest absolute Gasteiger partial charge is 0.151 e. The summed E-state index contributed by atoms with van der Waals surface area (Å²) < 4.78 is 37.2. The van der Waals surface area contributed by atoms with Gasteiger partial charge in [0, 0.05) is 24.2 Å². The topological polar surface area (TPSA) is 63.4 Å². The average molecular weight is 310 g/mol. The summed E-state index contributed by atoms with van der Waals surface area (Å²) in [6, 6.07) is 4.86. The monoisotopic (exact) mass is 310 g/mol. The molecule has 2 N–H and O–H groups in total. The molecule has 1 fully saturated rings. The fourth-order valence-electron chi connectivity index (χ4n) is 2.30. The quantitative estimate of drug-likeness (QED) is 0.819. The molecule has 1 heterocycles. The zero-order valence-electron chi connectivity index (χ0n) is 11.8. The Labute approximate surface area is 125 Å². The van der Waals surface area contributed by atoms with E-state index in [1.54, 1.807) is 12.1 Å². The SMILES string of the molecule is NCC#Cc1ccc(CN2CCCS(=O)(=O)CC2)c(F)c1. The van der Waals surface area contributed by atoms with Crippen LogP contribution in [-0.4, -0.2) is 44.5 Å². The van der Waals surface area contributed by atoms with Crippen LogP contribution in [-0.2, 0) is 16.4 Å². The minimum absolute atomic E-state index is 0.147. The molecule has 2 rings (SSSR count). The first kappa shape index (κ1) is 16.0. The van der Waals surface area contributed by atoms with E-state index in [1.807, 2.05) is 4.90 Å². The Morgan fingerprint density at radius 3 is 2.81 bits per heavy atom. The van der Waals surface area contributed by atoms with Crippen LogP contribution in [0.4, 0.5) is 4.39 Å². The van der Waals surface area contributed by atoms with Gasteiger partial charge in [0.2, 0.25) is 0 Å². The van der Waals surface area contributed by atoms with E-state index in [9.17, 15) is 12.8 Å². The van der Waals surface area contributed by atoms with Crippen molar-refractivity contribution in [3.63, 3.8) is 0 Å². The minimum atomic E-state index is -2.94. The maximum atomic E-state index is 14.0. The third-order valence-corrected chi connectivity index (χ3v) is 5.15. The van der Waals surface area contributed by atoms with Gasteiger partial charge < -0.3 is 5.73 Å². The lowest BCUT2D eigenvalue weighted by Gasteiger charge is -2.19. The normalized spacial score (nSPS) is 18.6. The third-order valence-electron chi connectivity index (χ3n) is 3.43. The van der Waals surface area contributed by atoms with Crippen LogP contribution in [0.3, 0.4) is 0 Å². The van der Waals surface area contributed by atoms with Gasteiger partial charge in [0.25, 0.3) is 0 Å². The second-order valence-corrected chi connectivity index (χ2v) is 7.40. The molecule has 0 bridgehead atoms. The van der Waals surface area contributed by atoms with E-state index in [4.69, 9.17) is 5.73 Å². The van der Waals surface area contributed by atoms with Gasteiger partial charge in [0.05, 0.1) is 18.1 Å². The predicted molar refractivity (Wildman–Crippen MR) is 80.9 cm³/mol. The van der Waals surface area contributed by atoms with E-state index in [2.05, 4.69) is 11.8 Å². The molecule has 0 radical (unpaired) electrons. The van der Waals surface area contributed by atoms with E-state index in [0.717, 1.165) is 0 Å². The number of sulfone groups is 1. The molecule has 1 aliphatic rings. The van der Waals surface area contributed by atoms with Crippen molar-refractivity contribution in [1.82, 2.24) is 4.90 Å². The lowest BCUT2D eigenvalue weighted by Crippen LogP contribution is -2.27. The molecule has 0 unspecified atom stereocenters. The summed E-state index contributed by atoms with van der Waals surface area (Å²) in [5.41, 5.74) is 6.44. The van der Waals surface area contributed by atoms with Crippen LogP contribution < -0.4 is 5.73 Å². The Kier molecular flexibility index (Phi) is 5.34. The molecule has 0 amide bonds. The van der Waals surface area contributed by atoms with Crippen molar-refractivity contribution in [2.45, 2.75) is 13.0 Å². The predicted octanol–water partition coefficient (Wildman–Crippen LogP) is 0.756. The van der Waals surface area contributed by atoms with Gasteiger partial charge in [-0.15, -0.1) is 0 Å². The highest BCUT2D eigenvalue weighted by atomic mass is 32.2. The molecule has 1 aliphatic heterocycles. The van der Waals surface area contributed by atoms with Gasteiger partial charge >= 0.3 is 0 Å². The highest BCUT2D eigenvalue weighted by molar-refractivity contribution is 7.91. The van der Waals surface area contributed by atoms with Crippen molar-refractivity contribution < 1.29 is 12.8 Å². The molecule has 0 aliphatic carbocycles. The lowest BCUT2D eigenvalue weighted by molar-refractivity contribution is 0.283. The van der Waals surface area contributed by atoms with Gasteiger partial charge in [-0.3, -0.25) is 4.90 Å². The largest absolute Gasteiger partial charge is 0.320 e. The van der Waals surface area contributed by atoms with Crippen LogP contribution in [0.15, 0.2) is 18.2 Å². The van der Waals surface area contributed by atoms with Gasteiger partial charge in [0.1, 0.15) is 5.82 Å². The first-order chi connectivity index (χ1) is 10.00. The zero-order valence-corrected chi connectivity index (χ0v) is 12.6. The Balaban J connectivity index is 2.06. The van der Waals surface area contributed by atoms with Gasteiger partial charge in [-0.2, -0.15) is 0 Å². The van der Waals surface area contributed by atoms with Gasteiger partial charge in [-0.05, 0) is 25.1 Å². The number of halogens is 1. The van der Waals surface area contributed by atoms with Gasteiger partial charge in [-0.1, -0.05) is 17.9 Å². The van der Waals surface area contributed by atoms with E-state index in [0.29, 0.717) is 37.2 Å². The molecule has 4 nitrogen and oxygen atoms in total. The van der Waals surface area contributed by atoms with Crippen molar-refractivity contribution in [3.8, 4) is 11.8 Å². The molecule has 1 aromatic rings. The van der Waals surface area contributed by atoms with Crippen LogP contribution >= 0.6 is 0 Å². The van der Waals surface area contributed by atoms with E-state index >= 15 is 0 Å². The highest BCUT2D eigenvalue weighted by Gasteiger charge is 2.19. The minimum Gasteiger partial charge on any atom is -0.320 e. The van der Waals surface area contributed by atoms with Gasteiger partial charge in [-0.25, -0.2) is 12.8 Å². The molecule has 6 heteroatoms. The number of benzene rings is 1. The van der Waals surface area contributed by atoms with Crippen LogP contribution in [0.2, 0.25) is 0 Å². The maximum absolute atomic E-state index is 14.0. The first-order valence-corrected chi connectivity index (χ1v) is 8.72. The molecule has 0 spiro atoms. The summed E-state index contributed by atoms with van der Waals surface area (Å²) in [6.07, 6.45) is 0.601. The Morgan fingerprint density at radius 2 is 2.10 bits per heavy atom. The molecule has 1 aromatic carbocycles. The molecular formula is C15H19FN2O2S. The summed E-state index contributed by atoms with van der Waals surface area (Å²) in [5.74, 6) is 5.53. The van der Waals surface area contributed by atoms with Crippen LogP contribution in [0, 0.1) is 17.7 Å². The number of hydrogen-bond acceptors (Lipinski definition) is 4. The summed E-state index contributed by atoms with van der Waals surface area (Å²) >= 11 is 0. The number of nitrogens with two attached hydrogens (primary N) is 1. The molecule has 0 saturated carbocycles. The molecule has 0 atom stereocenters. The van der Waals surface area contributed by atoms with Crippen LogP contribution in [0.1, 0.15) is 17.5 Å². The van der Waals surface area contributed by atoms with E-state index in [1.165, 1.54) is 6.07 Å². The summed E-state index contributed by atoms with van der Waals surface area (Å²) in [5, 5.41) is 0. The van der Waals surface area contributed by atoms with Crippen molar-refractivity contribution in [3.05, 3.63) is 35.1 Å². The van der Waals surface area contributed by atoms with E-state index < -0.39 is 9.84 Å². The molecule has 114 valence electrons. The lowest BCUT2D eigenvalue weighted by atomic mass is 10.1. The molecule has 1 saturated heterocycles.